The molecule has 1 atom stereocenters. The number of hydrogen-bond donors (Lipinski definition) is 0. The molecule has 0 aliphatic heterocycles. The van der Waals surface area contributed by atoms with E-state index in [0.29, 0.717) is 6.42 Å². The highest BCUT2D eigenvalue weighted by Crippen LogP contribution is 2.21. The van der Waals surface area contributed by atoms with Crippen molar-refractivity contribution in [2.24, 2.45) is 5.92 Å². The fourth-order valence-corrected chi connectivity index (χ4v) is 1.70. The number of Topliss-reactive ketones (excluding diaryl/α,β-unsaturated/α-hetero) is 2. The zero-order valence-electron chi connectivity index (χ0n) is 11.0. The molecule has 0 aromatic heterocycles. The first-order valence-corrected chi connectivity index (χ1v) is 6.05. The molecule has 0 aliphatic rings. The second kappa shape index (κ2) is 5.76. The van der Waals surface area contributed by atoms with Gasteiger partial charge in [-0.3, -0.25) is 9.59 Å². The van der Waals surface area contributed by atoms with Crippen molar-refractivity contribution in [3.63, 3.8) is 0 Å². The van der Waals surface area contributed by atoms with Gasteiger partial charge in [0.2, 0.25) is 0 Å². The zero-order chi connectivity index (χ0) is 13.0. The Morgan fingerprint density at radius 2 is 1.59 bits per heavy atom. The van der Waals surface area contributed by atoms with E-state index in [9.17, 15) is 9.59 Å². The monoisotopic (exact) mass is 232 g/mol. The van der Waals surface area contributed by atoms with Crippen LogP contribution in [0.4, 0.5) is 0 Å². The summed E-state index contributed by atoms with van der Waals surface area (Å²) >= 11 is 0. The third kappa shape index (κ3) is 3.81. The standard InChI is InChI=1S/C15H20O2/c1-10(2)15(17)9-11(3)13-5-7-14(8-6-13)12(4)16/h5-8,10-11H,9H2,1-4H3/t11-/m1/s1. The Balaban J connectivity index is 2.73. The highest BCUT2D eigenvalue weighted by molar-refractivity contribution is 5.94. The molecule has 0 radical (unpaired) electrons. The first kappa shape index (κ1) is 13.6. The van der Waals surface area contributed by atoms with Gasteiger partial charge in [0.1, 0.15) is 5.78 Å². The van der Waals surface area contributed by atoms with Crippen LogP contribution in [-0.2, 0) is 4.79 Å². The first-order valence-electron chi connectivity index (χ1n) is 6.05. The Bertz CT molecular complexity index is 401. The Morgan fingerprint density at radius 3 is 2.00 bits per heavy atom. The third-order valence-corrected chi connectivity index (χ3v) is 3.04. The lowest BCUT2D eigenvalue weighted by Crippen LogP contribution is -2.10. The van der Waals surface area contributed by atoms with E-state index in [1.165, 1.54) is 0 Å². The molecule has 0 spiro atoms. The van der Waals surface area contributed by atoms with Crippen molar-refractivity contribution in [2.45, 2.75) is 40.0 Å². The molecule has 1 aromatic carbocycles. The lowest BCUT2D eigenvalue weighted by molar-refractivity contribution is -0.122. The van der Waals surface area contributed by atoms with Crippen molar-refractivity contribution in [3.8, 4) is 0 Å². The van der Waals surface area contributed by atoms with Crippen LogP contribution >= 0.6 is 0 Å². The average molecular weight is 232 g/mol. The molecule has 1 rings (SSSR count). The van der Waals surface area contributed by atoms with Gasteiger partial charge in [-0.1, -0.05) is 45.0 Å². The van der Waals surface area contributed by atoms with Gasteiger partial charge in [0.25, 0.3) is 0 Å². The van der Waals surface area contributed by atoms with Crippen molar-refractivity contribution in [3.05, 3.63) is 35.4 Å². The third-order valence-electron chi connectivity index (χ3n) is 3.04. The van der Waals surface area contributed by atoms with E-state index in [4.69, 9.17) is 0 Å². The van der Waals surface area contributed by atoms with E-state index in [1.807, 2.05) is 45.0 Å². The van der Waals surface area contributed by atoms with Gasteiger partial charge in [-0.2, -0.15) is 0 Å². The van der Waals surface area contributed by atoms with E-state index in [2.05, 4.69) is 0 Å². The molecule has 0 saturated heterocycles. The van der Waals surface area contributed by atoms with E-state index in [0.717, 1.165) is 11.1 Å². The number of ketones is 2. The first-order chi connectivity index (χ1) is 7.91. The number of rotatable bonds is 5. The predicted octanol–water partition coefficient (Wildman–Crippen LogP) is 3.61. The molecule has 92 valence electrons. The molecule has 2 heteroatoms. The van der Waals surface area contributed by atoms with Gasteiger partial charge in [-0.05, 0) is 18.4 Å². The molecule has 17 heavy (non-hydrogen) atoms. The quantitative estimate of drug-likeness (QED) is 0.727. The molecule has 0 fully saturated rings. The van der Waals surface area contributed by atoms with Gasteiger partial charge in [0, 0.05) is 17.9 Å². The van der Waals surface area contributed by atoms with Crippen molar-refractivity contribution in [1.29, 1.82) is 0 Å². The largest absolute Gasteiger partial charge is 0.299 e. The lowest BCUT2D eigenvalue weighted by atomic mass is 9.91. The molecule has 0 unspecified atom stereocenters. The maximum Gasteiger partial charge on any atom is 0.159 e. The van der Waals surface area contributed by atoms with Gasteiger partial charge in [0.05, 0.1) is 0 Å². The minimum Gasteiger partial charge on any atom is -0.299 e. The maximum absolute atomic E-state index is 11.6. The molecule has 1 aromatic rings. The Hall–Kier alpha value is -1.44. The molecule has 0 amide bonds. The average Bonchev–Trinajstić information content (AvgIpc) is 2.28. The van der Waals surface area contributed by atoms with Crippen LogP contribution in [0.25, 0.3) is 0 Å². The van der Waals surface area contributed by atoms with Crippen LogP contribution in [0.2, 0.25) is 0 Å². The van der Waals surface area contributed by atoms with Crippen molar-refractivity contribution >= 4 is 11.6 Å². The predicted molar refractivity (Wildman–Crippen MR) is 69.3 cm³/mol. The summed E-state index contributed by atoms with van der Waals surface area (Å²) in [5.41, 5.74) is 1.83. The van der Waals surface area contributed by atoms with Gasteiger partial charge < -0.3 is 0 Å². The summed E-state index contributed by atoms with van der Waals surface area (Å²) in [4.78, 5) is 22.8. The Morgan fingerprint density at radius 1 is 1.06 bits per heavy atom. The maximum atomic E-state index is 11.6. The summed E-state index contributed by atoms with van der Waals surface area (Å²) in [6.07, 6.45) is 0.567. The summed E-state index contributed by atoms with van der Waals surface area (Å²) in [6, 6.07) is 7.53. The number of carbonyl (C=O) groups is 2. The second-order valence-electron chi connectivity index (χ2n) is 4.90. The van der Waals surface area contributed by atoms with Gasteiger partial charge in [-0.25, -0.2) is 0 Å². The molecule has 0 bridgehead atoms. The highest BCUT2D eigenvalue weighted by atomic mass is 16.1. The van der Waals surface area contributed by atoms with Crippen LogP contribution in [0.15, 0.2) is 24.3 Å². The van der Waals surface area contributed by atoms with E-state index in [-0.39, 0.29) is 23.4 Å². The molecule has 2 nitrogen and oxygen atoms in total. The zero-order valence-corrected chi connectivity index (χ0v) is 11.0. The fraction of sp³-hybridized carbons (Fsp3) is 0.467. The van der Waals surface area contributed by atoms with Crippen LogP contribution in [0.1, 0.15) is 56.0 Å². The highest BCUT2D eigenvalue weighted by Gasteiger charge is 2.14. The molecule has 0 saturated carbocycles. The number of benzene rings is 1. The summed E-state index contributed by atoms with van der Waals surface area (Å²) in [5, 5.41) is 0. The fourth-order valence-electron chi connectivity index (χ4n) is 1.70. The second-order valence-corrected chi connectivity index (χ2v) is 4.90. The number of carbonyl (C=O) groups excluding carboxylic acids is 2. The van der Waals surface area contributed by atoms with E-state index in [1.54, 1.807) is 6.92 Å². The summed E-state index contributed by atoms with van der Waals surface area (Å²) < 4.78 is 0. The van der Waals surface area contributed by atoms with E-state index < -0.39 is 0 Å². The van der Waals surface area contributed by atoms with Gasteiger partial charge >= 0.3 is 0 Å². The molecular formula is C15H20O2. The van der Waals surface area contributed by atoms with Crippen LogP contribution in [0.3, 0.4) is 0 Å². The molecule has 0 N–H and O–H groups in total. The van der Waals surface area contributed by atoms with Crippen LogP contribution in [0, 0.1) is 5.92 Å². The minimum absolute atomic E-state index is 0.0717. The molecular weight excluding hydrogens is 212 g/mol. The summed E-state index contributed by atoms with van der Waals surface area (Å²) in [7, 11) is 0. The molecule has 0 heterocycles. The van der Waals surface area contributed by atoms with E-state index >= 15 is 0 Å². The summed E-state index contributed by atoms with van der Waals surface area (Å²) in [6.45, 7) is 7.45. The van der Waals surface area contributed by atoms with Gasteiger partial charge in [0.15, 0.2) is 5.78 Å². The van der Waals surface area contributed by atoms with Crippen LogP contribution in [-0.4, -0.2) is 11.6 Å². The van der Waals surface area contributed by atoms with Crippen LogP contribution < -0.4 is 0 Å². The van der Waals surface area contributed by atoms with Crippen molar-refractivity contribution < 1.29 is 9.59 Å². The smallest absolute Gasteiger partial charge is 0.159 e. The summed E-state index contributed by atoms with van der Waals surface area (Å²) in [5.74, 6) is 0.662. The van der Waals surface area contributed by atoms with Crippen molar-refractivity contribution in [1.82, 2.24) is 0 Å². The van der Waals surface area contributed by atoms with Gasteiger partial charge in [-0.15, -0.1) is 0 Å². The normalized spacial score (nSPS) is 12.5. The van der Waals surface area contributed by atoms with Crippen molar-refractivity contribution in [2.75, 3.05) is 0 Å². The van der Waals surface area contributed by atoms with Crippen LogP contribution in [0.5, 0.6) is 0 Å². The minimum atomic E-state index is 0.0717. The number of hydrogen-bond acceptors (Lipinski definition) is 2. The Labute approximate surface area is 103 Å². The lowest BCUT2D eigenvalue weighted by Gasteiger charge is -2.13. The topological polar surface area (TPSA) is 34.1 Å². The Kier molecular flexibility index (Phi) is 4.62. The molecule has 0 aliphatic carbocycles. The SMILES string of the molecule is CC(=O)c1ccc([C@H](C)CC(=O)C(C)C)cc1.